The average molecular weight is 489 g/mol. The molecule has 12 heteroatoms. The van der Waals surface area contributed by atoms with E-state index in [-0.39, 0.29) is 47.3 Å². The van der Waals surface area contributed by atoms with Crippen LogP contribution in [0.1, 0.15) is 22.3 Å². The number of rotatable bonds is 4. The van der Waals surface area contributed by atoms with Gasteiger partial charge in [0.15, 0.2) is 0 Å². The van der Waals surface area contributed by atoms with E-state index in [1.54, 1.807) is 0 Å². The van der Waals surface area contributed by atoms with Crippen LogP contribution in [0.5, 0.6) is 0 Å². The van der Waals surface area contributed by atoms with Crippen LogP contribution < -0.4 is 15.7 Å². The Bertz CT molecular complexity index is 1050. The van der Waals surface area contributed by atoms with Crippen LogP contribution in [-0.2, 0) is 15.0 Å². The van der Waals surface area contributed by atoms with Gasteiger partial charge in [-0.25, -0.2) is 10.5 Å². The number of hydroxylamine groups is 1. The second kappa shape index (κ2) is 8.42. The number of carbonyl (C=O) groups excluding carboxylic acids is 2. The summed E-state index contributed by atoms with van der Waals surface area (Å²) in [6, 6.07) is 6.05. The van der Waals surface area contributed by atoms with Gasteiger partial charge in [0.2, 0.25) is 0 Å². The summed E-state index contributed by atoms with van der Waals surface area (Å²) in [5.41, 5.74) is 0.202. The first-order valence-corrected chi connectivity index (χ1v) is 10.3. The molecule has 2 amide bonds. The monoisotopic (exact) mass is 488 g/mol. The Morgan fingerprint density at radius 3 is 2.62 bits per heavy atom. The van der Waals surface area contributed by atoms with Crippen LogP contribution in [-0.4, -0.2) is 48.7 Å². The minimum atomic E-state index is -4.53. The van der Waals surface area contributed by atoms with E-state index in [0.717, 1.165) is 0 Å². The van der Waals surface area contributed by atoms with Crippen molar-refractivity contribution in [3.8, 4) is 0 Å². The molecule has 4 rings (SSSR count). The van der Waals surface area contributed by atoms with Crippen LogP contribution >= 0.6 is 23.2 Å². The molecular formula is C20H17Cl2F3N4O3. The van der Waals surface area contributed by atoms with Crippen molar-refractivity contribution in [2.75, 3.05) is 24.6 Å². The molecule has 2 atom stereocenters. The number of halogens is 5. The quantitative estimate of drug-likeness (QED) is 0.689. The lowest BCUT2D eigenvalue weighted by Gasteiger charge is -2.32. The lowest BCUT2D eigenvalue weighted by atomic mass is 9.79. The van der Waals surface area contributed by atoms with E-state index >= 15 is 0 Å². The molecule has 2 aliphatic rings. The number of amides is 2. The summed E-state index contributed by atoms with van der Waals surface area (Å²) in [5.74, 6) is -0.711. The highest BCUT2D eigenvalue weighted by molar-refractivity contribution is 6.42. The van der Waals surface area contributed by atoms with Crippen molar-refractivity contribution < 1.29 is 27.6 Å². The van der Waals surface area contributed by atoms with Gasteiger partial charge in [0.05, 0.1) is 15.6 Å². The summed E-state index contributed by atoms with van der Waals surface area (Å²) in [7, 11) is 0. The molecule has 2 unspecified atom stereocenters. The summed E-state index contributed by atoms with van der Waals surface area (Å²) in [6.07, 6.45) is -3.46. The third kappa shape index (κ3) is 4.10. The number of carbonyl (C=O) groups is 2. The number of anilines is 1. The van der Waals surface area contributed by atoms with Crippen molar-refractivity contribution in [2.24, 2.45) is 0 Å². The fourth-order valence-corrected chi connectivity index (χ4v) is 4.13. The Labute approximate surface area is 190 Å². The largest absolute Gasteiger partial charge is 0.400 e. The zero-order chi connectivity index (χ0) is 23.1. The average Bonchev–Trinajstić information content (AvgIpc) is 3.38. The standard InChI is InChI=1S/C20H17Cl2F3N4O3/c21-13-3-2-12(7-14(13)22)19(20(23,24)25)5-6-29(10-19)16-4-1-11(8-26-16)17(30)27-15-9-32-28-18(15)31/h1-4,7-8,15H,5-6,9-10H2,(H,27,30)(H,28,31). The molecule has 0 bridgehead atoms. The molecule has 0 radical (unpaired) electrons. The number of aromatic nitrogens is 1. The van der Waals surface area contributed by atoms with Crippen LogP contribution in [0.15, 0.2) is 36.5 Å². The van der Waals surface area contributed by atoms with Crippen LogP contribution in [0.3, 0.4) is 0 Å². The number of benzene rings is 1. The highest BCUT2D eigenvalue weighted by Crippen LogP contribution is 2.49. The first kappa shape index (κ1) is 22.6. The molecule has 7 nitrogen and oxygen atoms in total. The summed E-state index contributed by atoms with van der Waals surface area (Å²) >= 11 is 11.9. The molecule has 2 saturated heterocycles. The number of pyridine rings is 1. The molecule has 1 aromatic heterocycles. The number of alkyl halides is 3. The Morgan fingerprint density at radius 2 is 2.03 bits per heavy atom. The fraction of sp³-hybridized carbons (Fsp3) is 0.350. The summed E-state index contributed by atoms with van der Waals surface area (Å²) in [6.45, 7) is -0.247. The van der Waals surface area contributed by atoms with E-state index < -0.39 is 29.4 Å². The van der Waals surface area contributed by atoms with Gasteiger partial charge in [-0.2, -0.15) is 13.2 Å². The second-order valence-electron chi connectivity index (χ2n) is 7.59. The molecule has 3 heterocycles. The Kier molecular flexibility index (Phi) is 5.95. The molecule has 32 heavy (non-hydrogen) atoms. The van der Waals surface area contributed by atoms with Crippen molar-refractivity contribution in [1.82, 2.24) is 15.8 Å². The van der Waals surface area contributed by atoms with Gasteiger partial charge >= 0.3 is 6.18 Å². The first-order valence-electron chi connectivity index (χ1n) is 9.56. The summed E-state index contributed by atoms with van der Waals surface area (Å²) < 4.78 is 42.6. The zero-order valence-electron chi connectivity index (χ0n) is 16.4. The fourth-order valence-electron chi connectivity index (χ4n) is 3.83. The van der Waals surface area contributed by atoms with E-state index in [4.69, 9.17) is 28.0 Å². The molecule has 170 valence electrons. The van der Waals surface area contributed by atoms with Gasteiger partial charge in [-0.1, -0.05) is 29.3 Å². The van der Waals surface area contributed by atoms with Crippen molar-refractivity contribution in [3.05, 3.63) is 57.7 Å². The van der Waals surface area contributed by atoms with Gasteiger partial charge in [-0.15, -0.1) is 0 Å². The highest BCUT2D eigenvalue weighted by atomic mass is 35.5. The van der Waals surface area contributed by atoms with E-state index in [1.165, 1.54) is 41.4 Å². The number of hydrogen-bond donors (Lipinski definition) is 2. The third-order valence-corrected chi connectivity index (χ3v) is 6.40. The zero-order valence-corrected chi connectivity index (χ0v) is 17.9. The maximum atomic E-state index is 14.2. The molecule has 2 aromatic rings. The second-order valence-corrected chi connectivity index (χ2v) is 8.40. The van der Waals surface area contributed by atoms with Crippen LogP contribution in [0, 0.1) is 0 Å². The Hall–Kier alpha value is -2.56. The smallest absolute Gasteiger partial charge is 0.355 e. The predicted molar refractivity (Wildman–Crippen MR) is 111 cm³/mol. The molecule has 0 spiro atoms. The van der Waals surface area contributed by atoms with Crippen molar-refractivity contribution in [3.63, 3.8) is 0 Å². The molecule has 0 saturated carbocycles. The van der Waals surface area contributed by atoms with Crippen LogP contribution in [0.2, 0.25) is 10.0 Å². The minimum Gasteiger partial charge on any atom is -0.355 e. The van der Waals surface area contributed by atoms with Crippen LogP contribution in [0.25, 0.3) is 0 Å². The van der Waals surface area contributed by atoms with Gasteiger partial charge in [0, 0.05) is 19.3 Å². The number of nitrogens with one attached hydrogen (secondary N) is 2. The highest BCUT2D eigenvalue weighted by Gasteiger charge is 2.59. The molecule has 2 N–H and O–H groups in total. The van der Waals surface area contributed by atoms with Crippen molar-refractivity contribution in [2.45, 2.75) is 24.1 Å². The van der Waals surface area contributed by atoms with Crippen molar-refractivity contribution in [1.29, 1.82) is 0 Å². The molecular weight excluding hydrogens is 472 g/mol. The van der Waals surface area contributed by atoms with Gasteiger partial charge in [-0.05, 0) is 36.2 Å². The number of hydrogen-bond acceptors (Lipinski definition) is 5. The summed E-state index contributed by atoms with van der Waals surface area (Å²) in [4.78, 5) is 34.2. The van der Waals surface area contributed by atoms with Gasteiger partial charge < -0.3 is 10.2 Å². The van der Waals surface area contributed by atoms with E-state index in [2.05, 4.69) is 15.8 Å². The Balaban J connectivity index is 1.53. The van der Waals surface area contributed by atoms with E-state index in [1.807, 2.05) is 0 Å². The summed E-state index contributed by atoms with van der Waals surface area (Å²) in [5, 5.41) is 2.73. The normalized spacial score (nSPS) is 23.3. The van der Waals surface area contributed by atoms with Crippen LogP contribution in [0.4, 0.5) is 19.0 Å². The minimum absolute atomic E-state index is 0.00188. The molecule has 1 aromatic carbocycles. The molecule has 0 aliphatic carbocycles. The predicted octanol–water partition coefficient (Wildman–Crippen LogP) is 3.26. The first-order chi connectivity index (χ1) is 15.1. The van der Waals surface area contributed by atoms with Crippen molar-refractivity contribution >= 4 is 40.8 Å². The third-order valence-electron chi connectivity index (χ3n) is 5.66. The SMILES string of the molecule is O=C(NC1CONC1=O)c1ccc(N2CCC(c3ccc(Cl)c(Cl)c3)(C(F)(F)F)C2)nc1. The lowest BCUT2D eigenvalue weighted by Crippen LogP contribution is -2.45. The van der Waals surface area contributed by atoms with Gasteiger partial charge in [0.25, 0.3) is 11.8 Å². The number of nitrogens with zero attached hydrogens (tertiary/aromatic N) is 2. The van der Waals surface area contributed by atoms with Gasteiger partial charge in [-0.3, -0.25) is 14.4 Å². The Morgan fingerprint density at radius 1 is 1.25 bits per heavy atom. The molecule has 2 aliphatic heterocycles. The topological polar surface area (TPSA) is 83.6 Å². The maximum Gasteiger partial charge on any atom is 0.400 e. The molecule has 2 fully saturated rings. The van der Waals surface area contributed by atoms with Gasteiger partial charge in [0.1, 0.15) is 23.9 Å². The van der Waals surface area contributed by atoms with E-state index in [0.29, 0.717) is 5.82 Å². The maximum absolute atomic E-state index is 14.2. The van der Waals surface area contributed by atoms with E-state index in [9.17, 15) is 22.8 Å². The lowest BCUT2D eigenvalue weighted by molar-refractivity contribution is -0.184.